The SMILES string of the molecule is COC(=O)C12CCC(C(C)C)C1C1CCC3C4(C)CCC(O)C(C)(C)C4CCC3(C)C1(C)CC2. The summed E-state index contributed by atoms with van der Waals surface area (Å²) in [6.45, 7) is 17.4. The Bertz CT molecular complexity index is 833. The van der Waals surface area contributed by atoms with Crippen LogP contribution < -0.4 is 0 Å². The van der Waals surface area contributed by atoms with Gasteiger partial charge in [0.1, 0.15) is 0 Å². The summed E-state index contributed by atoms with van der Waals surface area (Å²) in [6.07, 6.45) is 11.5. The zero-order chi connectivity index (χ0) is 24.9. The highest BCUT2D eigenvalue weighted by Gasteiger charge is 2.72. The van der Waals surface area contributed by atoms with Crippen LogP contribution in [0.5, 0.6) is 0 Å². The minimum atomic E-state index is -0.241. The quantitative estimate of drug-likeness (QED) is 0.430. The molecule has 0 aliphatic heterocycles. The van der Waals surface area contributed by atoms with E-state index in [0.717, 1.165) is 25.2 Å². The van der Waals surface area contributed by atoms with E-state index in [0.29, 0.717) is 40.4 Å². The number of fused-ring (bicyclic) bond motifs is 7. The third-order valence-electron chi connectivity index (χ3n) is 13.9. The van der Waals surface area contributed by atoms with Crippen LogP contribution in [0.4, 0.5) is 0 Å². The number of ether oxygens (including phenoxy) is 1. The van der Waals surface area contributed by atoms with Crippen LogP contribution in [0.3, 0.4) is 0 Å². The van der Waals surface area contributed by atoms with E-state index in [4.69, 9.17) is 4.74 Å². The Hall–Kier alpha value is -0.570. The molecule has 3 nitrogen and oxygen atoms in total. The molecule has 10 atom stereocenters. The van der Waals surface area contributed by atoms with Crippen molar-refractivity contribution in [1.29, 1.82) is 0 Å². The molecule has 0 radical (unpaired) electrons. The number of carbonyl (C=O) groups excluding carboxylic acids is 1. The number of esters is 1. The van der Waals surface area contributed by atoms with Gasteiger partial charge in [-0.3, -0.25) is 4.79 Å². The molecule has 5 rings (SSSR count). The summed E-state index contributed by atoms with van der Waals surface area (Å²) < 4.78 is 5.52. The Kier molecular flexibility index (Phi) is 5.70. The maximum absolute atomic E-state index is 13.4. The van der Waals surface area contributed by atoms with Gasteiger partial charge in [-0.2, -0.15) is 0 Å². The molecule has 10 unspecified atom stereocenters. The van der Waals surface area contributed by atoms with E-state index in [2.05, 4.69) is 48.5 Å². The third kappa shape index (κ3) is 2.89. The van der Waals surface area contributed by atoms with Crippen molar-refractivity contribution in [3.05, 3.63) is 0 Å². The fourth-order valence-corrected chi connectivity index (χ4v) is 11.9. The number of aliphatic hydroxyl groups is 1. The molecule has 1 N–H and O–H groups in total. The summed E-state index contributed by atoms with van der Waals surface area (Å²) in [5, 5.41) is 10.9. The molecule has 0 heterocycles. The maximum atomic E-state index is 13.4. The van der Waals surface area contributed by atoms with Crippen LogP contribution >= 0.6 is 0 Å². The molecule has 5 fully saturated rings. The van der Waals surface area contributed by atoms with E-state index in [1.165, 1.54) is 44.9 Å². The van der Waals surface area contributed by atoms with Crippen LogP contribution in [0.25, 0.3) is 0 Å². The van der Waals surface area contributed by atoms with Gasteiger partial charge in [-0.05, 0) is 121 Å². The Morgan fingerprint density at radius 1 is 0.824 bits per heavy atom. The van der Waals surface area contributed by atoms with Gasteiger partial charge in [0.15, 0.2) is 0 Å². The van der Waals surface area contributed by atoms with Crippen molar-refractivity contribution >= 4 is 5.97 Å². The Morgan fingerprint density at radius 2 is 1.53 bits per heavy atom. The normalized spacial score (nSPS) is 53.9. The average Bonchev–Trinajstić information content (AvgIpc) is 3.18. The van der Waals surface area contributed by atoms with Crippen molar-refractivity contribution in [2.45, 2.75) is 119 Å². The number of rotatable bonds is 2. The maximum Gasteiger partial charge on any atom is 0.312 e. The van der Waals surface area contributed by atoms with Gasteiger partial charge in [-0.15, -0.1) is 0 Å². The fourth-order valence-electron chi connectivity index (χ4n) is 11.9. The number of carbonyl (C=O) groups is 1. The zero-order valence-electron chi connectivity index (χ0n) is 23.4. The molecule has 0 amide bonds. The molecule has 5 aliphatic carbocycles. The molecular formula is C31H52O3. The molecule has 0 aromatic carbocycles. The first kappa shape index (κ1) is 25.1. The first-order valence-electron chi connectivity index (χ1n) is 14.6. The summed E-state index contributed by atoms with van der Waals surface area (Å²) in [7, 11) is 1.62. The number of hydrogen-bond donors (Lipinski definition) is 1. The van der Waals surface area contributed by atoms with Crippen molar-refractivity contribution in [3.63, 3.8) is 0 Å². The highest BCUT2D eigenvalue weighted by atomic mass is 16.5. The van der Waals surface area contributed by atoms with Crippen molar-refractivity contribution in [2.24, 2.45) is 62.6 Å². The fraction of sp³-hybridized carbons (Fsp3) is 0.968. The highest BCUT2D eigenvalue weighted by molar-refractivity contribution is 5.78. The van der Waals surface area contributed by atoms with Crippen molar-refractivity contribution in [2.75, 3.05) is 7.11 Å². The summed E-state index contributed by atoms with van der Waals surface area (Å²) in [4.78, 5) is 13.4. The second-order valence-electron chi connectivity index (χ2n) is 15.2. The van der Waals surface area contributed by atoms with Gasteiger partial charge in [0.05, 0.1) is 18.6 Å². The molecule has 0 spiro atoms. The molecular weight excluding hydrogens is 420 g/mol. The van der Waals surface area contributed by atoms with Gasteiger partial charge >= 0.3 is 5.97 Å². The molecule has 3 heteroatoms. The van der Waals surface area contributed by atoms with Crippen LogP contribution in [0.1, 0.15) is 113 Å². The zero-order valence-corrected chi connectivity index (χ0v) is 23.4. The van der Waals surface area contributed by atoms with Gasteiger partial charge in [-0.25, -0.2) is 0 Å². The van der Waals surface area contributed by atoms with Crippen LogP contribution in [0.15, 0.2) is 0 Å². The topological polar surface area (TPSA) is 46.5 Å². The van der Waals surface area contributed by atoms with E-state index in [-0.39, 0.29) is 28.3 Å². The number of hydrogen-bond acceptors (Lipinski definition) is 3. The molecule has 194 valence electrons. The standard InChI is InChI=1S/C31H52O3/c1-19(2)20-11-16-31(26(33)34-8)18-17-29(6)21(25(20)31)9-10-23-28(5)14-13-24(32)27(3,4)22(28)12-15-30(23,29)7/h19-25,32H,9-18H2,1-8H3. The minimum Gasteiger partial charge on any atom is -0.469 e. The second kappa shape index (κ2) is 7.72. The van der Waals surface area contributed by atoms with Gasteiger partial charge in [0.25, 0.3) is 0 Å². The van der Waals surface area contributed by atoms with Crippen molar-refractivity contribution in [1.82, 2.24) is 0 Å². The lowest BCUT2D eigenvalue weighted by Gasteiger charge is -2.72. The average molecular weight is 473 g/mol. The Labute approximate surface area is 209 Å². The lowest BCUT2D eigenvalue weighted by Crippen LogP contribution is -2.67. The van der Waals surface area contributed by atoms with E-state index in [1.54, 1.807) is 7.11 Å². The predicted molar refractivity (Wildman–Crippen MR) is 137 cm³/mol. The minimum absolute atomic E-state index is 0.00682. The summed E-state index contributed by atoms with van der Waals surface area (Å²) in [5.41, 5.74) is 0.672. The van der Waals surface area contributed by atoms with Gasteiger partial charge in [0, 0.05) is 0 Å². The number of methoxy groups -OCH3 is 1. The van der Waals surface area contributed by atoms with E-state index >= 15 is 0 Å². The van der Waals surface area contributed by atoms with Crippen molar-refractivity contribution < 1.29 is 14.6 Å². The van der Waals surface area contributed by atoms with Crippen LogP contribution in [0.2, 0.25) is 0 Å². The largest absolute Gasteiger partial charge is 0.469 e. The molecule has 0 aromatic rings. The molecule has 0 bridgehead atoms. The number of aliphatic hydroxyl groups excluding tert-OH is 1. The first-order valence-corrected chi connectivity index (χ1v) is 14.6. The van der Waals surface area contributed by atoms with Crippen molar-refractivity contribution in [3.8, 4) is 0 Å². The van der Waals surface area contributed by atoms with Crippen LogP contribution in [-0.4, -0.2) is 24.3 Å². The van der Waals surface area contributed by atoms with Gasteiger partial charge in [0.2, 0.25) is 0 Å². The molecule has 0 saturated heterocycles. The van der Waals surface area contributed by atoms with E-state index < -0.39 is 0 Å². The molecule has 5 saturated carbocycles. The van der Waals surface area contributed by atoms with E-state index in [9.17, 15) is 9.90 Å². The summed E-state index contributed by atoms with van der Waals surface area (Å²) in [5.74, 6) is 3.78. The van der Waals surface area contributed by atoms with Gasteiger partial charge in [-0.1, -0.05) is 48.5 Å². The smallest absolute Gasteiger partial charge is 0.312 e. The summed E-state index contributed by atoms with van der Waals surface area (Å²) in [6, 6.07) is 0. The Balaban J connectivity index is 1.56. The Morgan fingerprint density at radius 3 is 2.18 bits per heavy atom. The first-order chi connectivity index (χ1) is 15.8. The summed E-state index contributed by atoms with van der Waals surface area (Å²) >= 11 is 0. The lowest BCUT2D eigenvalue weighted by molar-refractivity contribution is -0.249. The highest BCUT2D eigenvalue weighted by Crippen LogP contribution is 2.77. The third-order valence-corrected chi connectivity index (χ3v) is 13.9. The van der Waals surface area contributed by atoms with E-state index in [1.807, 2.05) is 0 Å². The van der Waals surface area contributed by atoms with Gasteiger partial charge < -0.3 is 9.84 Å². The molecule has 34 heavy (non-hydrogen) atoms. The van der Waals surface area contributed by atoms with Crippen LogP contribution in [-0.2, 0) is 9.53 Å². The molecule has 0 aromatic heterocycles. The second-order valence-corrected chi connectivity index (χ2v) is 15.2. The molecule has 5 aliphatic rings. The monoisotopic (exact) mass is 472 g/mol. The van der Waals surface area contributed by atoms with Crippen LogP contribution in [0, 0.1) is 62.6 Å². The lowest BCUT2D eigenvalue weighted by atomic mass is 9.32. The predicted octanol–water partition coefficient (Wildman–Crippen LogP) is 7.26.